The molecule has 4 heteroatoms. The molecule has 0 saturated heterocycles. The van der Waals surface area contributed by atoms with Crippen molar-refractivity contribution in [1.82, 2.24) is 0 Å². The van der Waals surface area contributed by atoms with Crippen molar-refractivity contribution in [2.75, 3.05) is 5.73 Å². The first kappa shape index (κ1) is 13.5. The number of hydrogen-bond acceptors (Lipinski definition) is 3. The number of carbonyl (C=O) groups is 1. The molecular weight excluding hydrogens is 256 g/mol. The Kier molecular flexibility index (Phi) is 4.12. The van der Waals surface area contributed by atoms with Gasteiger partial charge in [0.05, 0.1) is 0 Å². The van der Waals surface area contributed by atoms with E-state index < -0.39 is 5.91 Å². The van der Waals surface area contributed by atoms with Crippen molar-refractivity contribution < 1.29 is 4.79 Å². The average Bonchev–Trinajstić information content (AvgIpc) is 2.37. The van der Waals surface area contributed by atoms with Crippen molar-refractivity contribution in [3.05, 3.63) is 59.2 Å². The van der Waals surface area contributed by atoms with Crippen LogP contribution in [-0.2, 0) is 5.75 Å². The van der Waals surface area contributed by atoms with E-state index in [4.69, 9.17) is 11.5 Å². The molecule has 0 aliphatic rings. The maximum Gasteiger partial charge on any atom is 0.248 e. The number of aryl methyl sites for hydroxylation is 1. The normalized spacial score (nSPS) is 10.4. The summed E-state index contributed by atoms with van der Waals surface area (Å²) in [5, 5.41) is 0. The topological polar surface area (TPSA) is 69.1 Å². The lowest BCUT2D eigenvalue weighted by molar-refractivity contribution is 0.100. The monoisotopic (exact) mass is 272 g/mol. The summed E-state index contributed by atoms with van der Waals surface area (Å²) >= 11 is 1.72. The van der Waals surface area contributed by atoms with E-state index in [1.54, 1.807) is 23.9 Å². The molecule has 2 aromatic carbocycles. The Morgan fingerprint density at radius 1 is 1.21 bits per heavy atom. The molecule has 4 N–H and O–H groups in total. The number of anilines is 1. The zero-order chi connectivity index (χ0) is 13.8. The smallest absolute Gasteiger partial charge is 0.248 e. The van der Waals surface area contributed by atoms with Crippen LogP contribution in [0.1, 0.15) is 21.5 Å². The molecule has 2 rings (SSSR count). The Labute approximate surface area is 117 Å². The number of hydrogen-bond donors (Lipinski definition) is 2. The van der Waals surface area contributed by atoms with Gasteiger partial charge in [-0.15, -0.1) is 11.8 Å². The summed E-state index contributed by atoms with van der Waals surface area (Å²) in [6.45, 7) is 2.07. The van der Waals surface area contributed by atoms with Gasteiger partial charge in [-0.3, -0.25) is 4.79 Å². The number of amides is 1. The molecule has 0 saturated carbocycles. The molecular formula is C15H16N2OS. The van der Waals surface area contributed by atoms with Crippen molar-refractivity contribution in [3.63, 3.8) is 0 Å². The van der Waals surface area contributed by atoms with E-state index in [0.29, 0.717) is 11.3 Å². The highest BCUT2D eigenvalue weighted by atomic mass is 32.2. The van der Waals surface area contributed by atoms with Gasteiger partial charge in [0.1, 0.15) is 0 Å². The van der Waals surface area contributed by atoms with Crippen LogP contribution in [0.5, 0.6) is 0 Å². The predicted molar refractivity (Wildman–Crippen MR) is 80.1 cm³/mol. The number of thioether (sulfide) groups is 1. The van der Waals surface area contributed by atoms with Crippen LogP contribution < -0.4 is 11.5 Å². The summed E-state index contributed by atoms with van der Waals surface area (Å²) in [5.41, 5.74) is 14.4. The number of nitrogen functional groups attached to an aromatic ring is 1. The molecule has 0 aliphatic heterocycles. The van der Waals surface area contributed by atoms with Gasteiger partial charge in [-0.2, -0.15) is 0 Å². The number of primary amides is 1. The van der Waals surface area contributed by atoms with Crippen LogP contribution in [0.25, 0.3) is 0 Å². The quantitative estimate of drug-likeness (QED) is 0.664. The highest BCUT2D eigenvalue weighted by molar-refractivity contribution is 7.98. The summed E-state index contributed by atoms with van der Waals surface area (Å²) in [6, 6.07) is 13.5. The summed E-state index contributed by atoms with van der Waals surface area (Å²) in [6.07, 6.45) is 0. The van der Waals surface area contributed by atoms with Crippen LogP contribution in [0.2, 0.25) is 0 Å². The third kappa shape index (κ3) is 3.51. The zero-order valence-electron chi connectivity index (χ0n) is 10.7. The molecule has 0 heterocycles. The molecule has 2 aromatic rings. The lowest BCUT2D eigenvalue weighted by atomic mass is 10.1. The SMILES string of the molecule is Cc1cccc(SCc2ccc(C(N)=O)cc2N)c1. The first-order chi connectivity index (χ1) is 9.06. The van der Waals surface area contributed by atoms with Crippen molar-refractivity contribution in [1.29, 1.82) is 0 Å². The summed E-state index contributed by atoms with van der Waals surface area (Å²) in [4.78, 5) is 12.2. The van der Waals surface area contributed by atoms with Gasteiger partial charge in [0.25, 0.3) is 0 Å². The number of rotatable bonds is 4. The Morgan fingerprint density at radius 2 is 2.00 bits per heavy atom. The standard InChI is InChI=1S/C15H16N2OS/c1-10-3-2-4-13(7-10)19-9-12-6-5-11(15(17)18)8-14(12)16/h2-8H,9,16H2,1H3,(H2,17,18). The molecule has 3 nitrogen and oxygen atoms in total. The van der Waals surface area contributed by atoms with Gasteiger partial charge in [-0.05, 0) is 36.8 Å². The fourth-order valence-electron chi connectivity index (χ4n) is 1.75. The third-order valence-corrected chi connectivity index (χ3v) is 3.86. The van der Waals surface area contributed by atoms with E-state index in [2.05, 4.69) is 25.1 Å². The molecule has 1 amide bonds. The molecule has 0 unspecified atom stereocenters. The van der Waals surface area contributed by atoms with Crippen LogP contribution >= 0.6 is 11.8 Å². The van der Waals surface area contributed by atoms with E-state index in [0.717, 1.165) is 11.3 Å². The second-order valence-corrected chi connectivity index (χ2v) is 5.43. The Hall–Kier alpha value is -1.94. The van der Waals surface area contributed by atoms with E-state index in [1.807, 2.05) is 12.1 Å². The van der Waals surface area contributed by atoms with Crippen LogP contribution in [0, 0.1) is 6.92 Å². The maximum absolute atomic E-state index is 11.0. The Bertz CT molecular complexity index is 611. The average molecular weight is 272 g/mol. The molecule has 0 bridgehead atoms. The first-order valence-electron chi connectivity index (χ1n) is 5.94. The Balaban J connectivity index is 2.10. The molecule has 0 radical (unpaired) electrons. The van der Waals surface area contributed by atoms with Gasteiger partial charge < -0.3 is 11.5 Å². The molecule has 0 atom stereocenters. The molecule has 0 aliphatic carbocycles. The second kappa shape index (κ2) is 5.80. The van der Waals surface area contributed by atoms with Gasteiger partial charge >= 0.3 is 0 Å². The Morgan fingerprint density at radius 3 is 2.63 bits per heavy atom. The fraction of sp³-hybridized carbons (Fsp3) is 0.133. The lowest BCUT2D eigenvalue weighted by Gasteiger charge is -2.07. The minimum atomic E-state index is -0.454. The maximum atomic E-state index is 11.0. The van der Waals surface area contributed by atoms with E-state index in [-0.39, 0.29) is 0 Å². The number of benzene rings is 2. The molecule has 0 spiro atoms. The van der Waals surface area contributed by atoms with Crippen molar-refractivity contribution in [2.24, 2.45) is 5.73 Å². The molecule has 0 aromatic heterocycles. The first-order valence-corrected chi connectivity index (χ1v) is 6.92. The largest absolute Gasteiger partial charge is 0.398 e. The molecule has 19 heavy (non-hydrogen) atoms. The van der Waals surface area contributed by atoms with Gasteiger partial charge in [0.2, 0.25) is 5.91 Å². The number of carbonyl (C=O) groups excluding carboxylic acids is 1. The van der Waals surface area contributed by atoms with Crippen LogP contribution in [0.4, 0.5) is 5.69 Å². The van der Waals surface area contributed by atoms with Crippen LogP contribution in [0.15, 0.2) is 47.4 Å². The van der Waals surface area contributed by atoms with E-state index >= 15 is 0 Å². The van der Waals surface area contributed by atoms with Gasteiger partial charge in [0, 0.05) is 21.9 Å². The van der Waals surface area contributed by atoms with Crippen molar-refractivity contribution in [3.8, 4) is 0 Å². The van der Waals surface area contributed by atoms with Crippen molar-refractivity contribution in [2.45, 2.75) is 17.6 Å². The minimum absolute atomic E-state index is 0.446. The summed E-state index contributed by atoms with van der Waals surface area (Å²) in [7, 11) is 0. The van der Waals surface area contributed by atoms with Gasteiger partial charge in [0.15, 0.2) is 0 Å². The minimum Gasteiger partial charge on any atom is -0.398 e. The van der Waals surface area contributed by atoms with Gasteiger partial charge in [-0.25, -0.2) is 0 Å². The lowest BCUT2D eigenvalue weighted by Crippen LogP contribution is -2.11. The molecule has 98 valence electrons. The van der Waals surface area contributed by atoms with E-state index in [1.165, 1.54) is 10.5 Å². The highest BCUT2D eigenvalue weighted by Crippen LogP contribution is 2.26. The van der Waals surface area contributed by atoms with E-state index in [9.17, 15) is 4.79 Å². The highest BCUT2D eigenvalue weighted by Gasteiger charge is 2.05. The zero-order valence-corrected chi connectivity index (χ0v) is 11.5. The predicted octanol–water partition coefficient (Wildman–Crippen LogP) is 2.97. The third-order valence-electron chi connectivity index (χ3n) is 2.81. The number of nitrogens with two attached hydrogens (primary N) is 2. The van der Waals surface area contributed by atoms with Crippen molar-refractivity contribution >= 4 is 23.4 Å². The fourth-order valence-corrected chi connectivity index (χ4v) is 2.77. The van der Waals surface area contributed by atoms with Crippen LogP contribution in [-0.4, -0.2) is 5.91 Å². The summed E-state index contributed by atoms with van der Waals surface area (Å²) in [5.74, 6) is 0.318. The van der Waals surface area contributed by atoms with Crippen LogP contribution in [0.3, 0.4) is 0 Å². The van der Waals surface area contributed by atoms with Gasteiger partial charge in [-0.1, -0.05) is 23.8 Å². The second-order valence-electron chi connectivity index (χ2n) is 4.38. The summed E-state index contributed by atoms with van der Waals surface area (Å²) < 4.78 is 0. The molecule has 0 fully saturated rings.